The summed E-state index contributed by atoms with van der Waals surface area (Å²) in [6.07, 6.45) is 1.66. The molecule has 0 aliphatic carbocycles. The van der Waals surface area contributed by atoms with Gasteiger partial charge in [-0.25, -0.2) is 4.39 Å². The van der Waals surface area contributed by atoms with Crippen LogP contribution in [-0.2, 0) is 0 Å². The van der Waals surface area contributed by atoms with Gasteiger partial charge in [0.15, 0.2) is 0 Å². The molecule has 0 bridgehead atoms. The highest BCUT2D eigenvalue weighted by molar-refractivity contribution is 9.10. The molecule has 0 spiro atoms. The number of carbonyl (C=O) groups excluding carboxylic acids is 1. The van der Waals surface area contributed by atoms with Crippen LogP contribution in [0.4, 0.5) is 10.1 Å². The van der Waals surface area contributed by atoms with Crippen molar-refractivity contribution in [1.29, 1.82) is 0 Å². The minimum absolute atomic E-state index is 0.00952. The van der Waals surface area contributed by atoms with Crippen LogP contribution in [0.2, 0.25) is 0 Å². The van der Waals surface area contributed by atoms with E-state index in [0.717, 1.165) is 5.39 Å². The average molecular weight is 334 g/mol. The number of aromatic nitrogens is 2. The number of para-hydroxylation sites is 1. The Bertz CT molecular complexity index is 800. The fraction of sp³-hybridized carbons (Fsp3) is 0. The van der Waals surface area contributed by atoms with Gasteiger partial charge in [-0.1, -0.05) is 28.1 Å². The maximum Gasteiger partial charge on any atom is 0.258 e. The fourth-order valence-corrected chi connectivity index (χ4v) is 2.27. The number of nitrogens with one attached hydrogen (secondary N) is 2. The van der Waals surface area contributed by atoms with Crippen molar-refractivity contribution in [2.24, 2.45) is 0 Å². The number of anilines is 1. The molecular formula is C14H9BrFN3O. The van der Waals surface area contributed by atoms with Crippen LogP contribution in [0.3, 0.4) is 0 Å². The van der Waals surface area contributed by atoms with E-state index in [0.29, 0.717) is 15.7 Å². The summed E-state index contributed by atoms with van der Waals surface area (Å²) in [5.74, 6) is -1.08. The summed E-state index contributed by atoms with van der Waals surface area (Å²) in [6, 6.07) is 9.71. The van der Waals surface area contributed by atoms with E-state index in [4.69, 9.17) is 0 Å². The minimum Gasteiger partial charge on any atom is -0.320 e. The number of amides is 1. The third-order valence-corrected chi connectivity index (χ3v) is 3.39. The molecule has 0 aliphatic heterocycles. The van der Waals surface area contributed by atoms with Crippen molar-refractivity contribution >= 4 is 38.4 Å². The standard InChI is InChI=1S/C14H9BrFN3O/c15-9-4-5-10(11(16)6-9)14(20)18-12-3-1-2-8-7-17-19-13(8)12/h1-7H,(H,17,19)(H,18,20). The predicted molar refractivity (Wildman–Crippen MR) is 78.1 cm³/mol. The molecule has 3 rings (SSSR count). The Morgan fingerprint density at radius 2 is 2.15 bits per heavy atom. The fourth-order valence-electron chi connectivity index (χ4n) is 1.94. The number of aromatic amines is 1. The van der Waals surface area contributed by atoms with Crippen LogP contribution < -0.4 is 5.32 Å². The van der Waals surface area contributed by atoms with Crippen LogP contribution in [0.25, 0.3) is 10.9 Å². The van der Waals surface area contributed by atoms with Crippen LogP contribution in [0.1, 0.15) is 10.4 Å². The highest BCUT2D eigenvalue weighted by Crippen LogP contribution is 2.22. The number of rotatable bonds is 2. The molecule has 0 saturated heterocycles. The Balaban J connectivity index is 1.94. The zero-order chi connectivity index (χ0) is 14.1. The molecule has 2 N–H and O–H groups in total. The second-order valence-corrected chi connectivity index (χ2v) is 5.13. The SMILES string of the molecule is O=C(Nc1cccc2cn[nH]c12)c1ccc(Br)cc1F. The average Bonchev–Trinajstić information content (AvgIpc) is 2.87. The van der Waals surface area contributed by atoms with E-state index in [2.05, 4.69) is 31.4 Å². The van der Waals surface area contributed by atoms with Crippen LogP contribution in [0.5, 0.6) is 0 Å². The summed E-state index contributed by atoms with van der Waals surface area (Å²) < 4.78 is 14.3. The maximum atomic E-state index is 13.7. The van der Waals surface area contributed by atoms with Crippen molar-refractivity contribution in [2.75, 3.05) is 5.32 Å². The van der Waals surface area contributed by atoms with Gasteiger partial charge in [0.2, 0.25) is 0 Å². The first-order valence-corrected chi connectivity index (χ1v) is 6.63. The molecule has 0 atom stereocenters. The molecule has 3 aromatic rings. The molecule has 0 saturated carbocycles. The quantitative estimate of drug-likeness (QED) is 0.750. The lowest BCUT2D eigenvalue weighted by Crippen LogP contribution is -2.14. The van der Waals surface area contributed by atoms with Gasteiger partial charge in [-0.05, 0) is 24.3 Å². The number of H-pyrrole nitrogens is 1. The van der Waals surface area contributed by atoms with E-state index in [1.807, 2.05) is 6.07 Å². The Hall–Kier alpha value is -2.21. The topological polar surface area (TPSA) is 57.8 Å². The zero-order valence-corrected chi connectivity index (χ0v) is 11.7. The Morgan fingerprint density at radius 3 is 2.95 bits per heavy atom. The molecule has 2 aromatic carbocycles. The van der Waals surface area contributed by atoms with Crippen LogP contribution >= 0.6 is 15.9 Å². The summed E-state index contributed by atoms with van der Waals surface area (Å²) >= 11 is 3.15. The number of fused-ring (bicyclic) bond motifs is 1. The van der Waals surface area contributed by atoms with Crippen molar-refractivity contribution in [1.82, 2.24) is 10.2 Å². The molecule has 6 heteroatoms. The van der Waals surface area contributed by atoms with E-state index in [1.54, 1.807) is 24.4 Å². The number of nitrogens with zero attached hydrogens (tertiary/aromatic N) is 1. The summed E-state index contributed by atoms with van der Waals surface area (Å²) in [7, 11) is 0. The smallest absolute Gasteiger partial charge is 0.258 e. The van der Waals surface area contributed by atoms with Crippen LogP contribution in [0, 0.1) is 5.82 Å². The van der Waals surface area contributed by atoms with Crippen molar-refractivity contribution in [3.05, 3.63) is 58.4 Å². The highest BCUT2D eigenvalue weighted by atomic mass is 79.9. The minimum atomic E-state index is -0.575. The molecule has 1 amide bonds. The largest absolute Gasteiger partial charge is 0.320 e. The third kappa shape index (κ3) is 2.30. The third-order valence-electron chi connectivity index (χ3n) is 2.90. The summed E-state index contributed by atoms with van der Waals surface area (Å²) in [6.45, 7) is 0. The summed E-state index contributed by atoms with van der Waals surface area (Å²) in [4.78, 5) is 12.1. The maximum absolute atomic E-state index is 13.7. The van der Waals surface area contributed by atoms with Crippen molar-refractivity contribution in [3.63, 3.8) is 0 Å². The first-order valence-electron chi connectivity index (χ1n) is 5.83. The van der Waals surface area contributed by atoms with Gasteiger partial charge in [0.05, 0.1) is 23.0 Å². The number of carbonyl (C=O) groups is 1. The monoisotopic (exact) mass is 333 g/mol. The molecule has 1 heterocycles. The van der Waals surface area contributed by atoms with Crippen molar-refractivity contribution in [2.45, 2.75) is 0 Å². The molecule has 0 radical (unpaired) electrons. The molecule has 0 fully saturated rings. The van der Waals surface area contributed by atoms with Gasteiger partial charge in [-0.3, -0.25) is 9.89 Å². The van der Waals surface area contributed by atoms with E-state index in [-0.39, 0.29) is 5.56 Å². The number of halogens is 2. The van der Waals surface area contributed by atoms with Gasteiger partial charge in [0.25, 0.3) is 5.91 Å². The summed E-state index contributed by atoms with van der Waals surface area (Å²) in [5.41, 5.74) is 1.26. The number of benzene rings is 2. The van der Waals surface area contributed by atoms with Gasteiger partial charge in [-0.2, -0.15) is 5.10 Å². The van der Waals surface area contributed by atoms with Gasteiger partial charge < -0.3 is 5.32 Å². The second-order valence-electron chi connectivity index (χ2n) is 4.22. The molecule has 20 heavy (non-hydrogen) atoms. The molecule has 0 aliphatic rings. The van der Waals surface area contributed by atoms with Gasteiger partial charge in [0, 0.05) is 9.86 Å². The van der Waals surface area contributed by atoms with Gasteiger partial charge in [-0.15, -0.1) is 0 Å². The van der Waals surface area contributed by atoms with Crippen LogP contribution in [0.15, 0.2) is 47.1 Å². The van der Waals surface area contributed by atoms with Crippen molar-refractivity contribution < 1.29 is 9.18 Å². The number of hydrogen-bond donors (Lipinski definition) is 2. The normalized spacial score (nSPS) is 10.7. The van der Waals surface area contributed by atoms with E-state index in [1.165, 1.54) is 12.1 Å². The lowest BCUT2D eigenvalue weighted by Gasteiger charge is -2.07. The second kappa shape index (κ2) is 5.05. The highest BCUT2D eigenvalue weighted by Gasteiger charge is 2.13. The predicted octanol–water partition coefficient (Wildman–Crippen LogP) is 3.72. The number of hydrogen-bond acceptors (Lipinski definition) is 2. The molecule has 1 aromatic heterocycles. The Morgan fingerprint density at radius 1 is 1.30 bits per heavy atom. The molecular weight excluding hydrogens is 325 g/mol. The Kier molecular flexibility index (Phi) is 3.23. The lowest BCUT2D eigenvalue weighted by molar-refractivity contribution is 0.102. The molecule has 4 nitrogen and oxygen atoms in total. The summed E-state index contributed by atoms with van der Waals surface area (Å²) in [5, 5.41) is 10.3. The van der Waals surface area contributed by atoms with Gasteiger partial charge in [0.1, 0.15) is 5.82 Å². The molecule has 0 unspecified atom stereocenters. The first-order chi connectivity index (χ1) is 9.65. The zero-order valence-electron chi connectivity index (χ0n) is 10.2. The van der Waals surface area contributed by atoms with Crippen LogP contribution in [-0.4, -0.2) is 16.1 Å². The first kappa shape index (κ1) is 12.8. The van der Waals surface area contributed by atoms with E-state index < -0.39 is 11.7 Å². The Labute approximate surface area is 122 Å². The van der Waals surface area contributed by atoms with E-state index in [9.17, 15) is 9.18 Å². The molecule has 100 valence electrons. The lowest BCUT2D eigenvalue weighted by atomic mass is 10.2. The van der Waals surface area contributed by atoms with Crippen molar-refractivity contribution in [3.8, 4) is 0 Å². The van der Waals surface area contributed by atoms with Gasteiger partial charge >= 0.3 is 0 Å². The van der Waals surface area contributed by atoms with E-state index >= 15 is 0 Å².